The molecule has 8 heteroatoms. The average molecular weight is 329 g/mol. The van der Waals surface area contributed by atoms with E-state index in [2.05, 4.69) is 15.6 Å². The highest BCUT2D eigenvalue weighted by Crippen LogP contribution is 2.29. The van der Waals surface area contributed by atoms with Crippen LogP contribution < -0.4 is 25.9 Å². The first-order valence-corrected chi connectivity index (χ1v) is 7.02. The number of methoxy groups -OCH3 is 2. The van der Waals surface area contributed by atoms with Gasteiger partial charge in [0.1, 0.15) is 11.5 Å². The van der Waals surface area contributed by atoms with Gasteiger partial charge in [-0.3, -0.25) is 4.98 Å². The molecule has 3 N–H and O–H groups in total. The number of carbonyl (C=O) groups excluding carboxylic acids is 1. The minimum atomic E-state index is -0.548. The molecule has 3 aromatic rings. The number of aromatic nitrogens is 1. The van der Waals surface area contributed by atoms with Crippen molar-refractivity contribution in [2.45, 2.75) is 0 Å². The lowest BCUT2D eigenvalue weighted by Crippen LogP contribution is -2.19. The van der Waals surface area contributed by atoms with Crippen LogP contribution in [0.3, 0.4) is 0 Å². The summed E-state index contributed by atoms with van der Waals surface area (Å²) in [5, 5.41) is 5.34. The number of benzene rings is 2. The lowest BCUT2D eigenvalue weighted by molar-refractivity contribution is 0.262. The molecule has 1 heterocycles. The zero-order chi connectivity index (χ0) is 17.1. The molecular weight excluding hydrogens is 314 g/mol. The molecule has 24 heavy (non-hydrogen) atoms. The summed E-state index contributed by atoms with van der Waals surface area (Å²) in [6.45, 7) is 0. The van der Waals surface area contributed by atoms with Crippen LogP contribution in [0.1, 0.15) is 0 Å². The quantitative estimate of drug-likeness (QED) is 0.682. The van der Waals surface area contributed by atoms with E-state index in [1.165, 1.54) is 14.2 Å². The summed E-state index contributed by atoms with van der Waals surface area (Å²) in [5.41, 5.74) is 1.85. The third-order valence-electron chi connectivity index (χ3n) is 3.33. The Labute approximate surface area is 136 Å². The van der Waals surface area contributed by atoms with Crippen molar-refractivity contribution in [3.63, 3.8) is 0 Å². The molecule has 0 saturated heterocycles. The van der Waals surface area contributed by atoms with Gasteiger partial charge in [0.25, 0.3) is 0 Å². The number of H-pyrrole nitrogens is 1. The Bertz CT molecular complexity index is 944. The molecule has 0 fully saturated rings. The first-order valence-electron chi connectivity index (χ1n) is 7.02. The van der Waals surface area contributed by atoms with Gasteiger partial charge in [-0.2, -0.15) is 0 Å². The predicted octanol–water partition coefficient (Wildman–Crippen LogP) is 2.78. The fraction of sp³-hybridized carbons (Fsp3) is 0.125. The van der Waals surface area contributed by atoms with Gasteiger partial charge >= 0.3 is 11.8 Å². The first-order chi connectivity index (χ1) is 11.6. The van der Waals surface area contributed by atoms with E-state index in [4.69, 9.17) is 13.9 Å². The maximum Gasteiger partial charge on any atom is 0.417 e. The van der Waals surface area contributed by atoms with E-state index >= 15 is 0 Å². The number of oxazole rings is 1. The second kappa shape index (κ2) is 6.37. The first kappa shape index (κ1) is 15.5. The SMILES string of the molecule is COc1ccc(OC)c(NC(=O)Nc2ccc3[nH]c(=O)oc3c2)c1. The Morgan fingerprint density at radius 3 is 2.67 bits per heavy atom. The molecule has 8 nitrogen and oxygen atoms in total. The molecule has 0 bridgehead atoms. The largest absolute Gasteiger partial charge is 0.497 e. The number of rotatable bonds is 4. The molecule has 1 aromatic heterocycles. The monoisotopic (exact) mass is 329 g/mol. The van der Waals surface area contributed by atoms with Crippen molar-refractivity contribution in [2.24, 2.45) is 0 Å². The molecular formula is C16H15N3O5. The van der Waals surface area contributed by atoms with Gasteiger partial charge in [-0.15, -0.1) is 0 Å². The minimum absolute atomic E-state index is 0.358. The molecule has 0 aliphatic heterocycles. The summed E-state index contributed by atoms with van der Waals surface area (Å²) in [7, 11) is 3.04. The second-order valence-electron chi connectivity index (χ2n) is 4.87. The van der Waals surface area contributed by atoms with E-state index < -0.39 is 11.8 Å². The zero-order valence-corrected chi connectivity index (χ0v) is 13.0. The number of aromatic amines is 1. The van der Waals surface area contributed by atoms with E-state index in [0.29, 0.717) is 34.0 Å². The van der Waals surface area contributed by atoms with Gasteiger partial charge < -0.3 is 24.5 Å². The van der Waals surface area contributed by atoms with Gasteiger partial charge in [-0.1, -0.05) is 0 Å². The van der Waals surface area contributed by atoms with Gasteiger partial charge in [-0.05, 0) is 24.3 Å². The molecule has 2 amide bonds. The number of hydrogen-bond donors (Lipinski definition) is 3. The van der Waals surface area contributed by atoms with Crippen LogP contribution >= 0.6 is 0 Å². The molecule has 124 valence electrons. The number of urea groups is 1. The van der Waals surface area contributed by atoms with Crippen LogP contribution in [0.4, 0.5) is 16.2 Å². The molecule has 0 unspecified atom stereocenters. The van der Waals surface area contributed by atoms with Gasteiger partial charge in [0.05, 0.1) is 25.4 Å². The number of amides is 2. The lowest BCUT2D eigenvalue weighted by Gasteiger charge is -2.12. The van der Waals surface area contributed by atoms with Crippen molar-refractivity contribution >= 4 is 28.5 Å². The molecule has 0 atom stereocenters. The van der Waals surface area contributed by atoms with Crippen LogP contribution in [-0.2, 0) is 0 Å². The van der Waals surface area contributed by atoms with Crippen LogP contribution in [0.15, 0.2) is 45.6 Å². The summed E-state index contributed by atoms with van der Waals surface area (Å²) in [5.74, 6) is 0.535. The third-order valence-corrected chi connectivity index (χ3v) is 3.33. The number of anilines is 2. The maximum atomic E-state index is 12.2. The van der Waals surface area contributed by atoms with Gasteiger partial charge in [-0.25, -0.2) is 9.59 Å². The Balaban J connectivity index is 1.78. The van der Waals surface area contributed by atoms with E-state index in [1.54, 1.807) is 36.4 Å². The highest BCUT2D eigenvalue weighted by molar-refractivity contribution is 6.01. The van der Waals surface area contributed by atoms with Crippen molar-refractivity contribution in [3.05, 3.63) is 46.9 Å². The van der Waals surface area contributed by atoms with E-state index in [-0.39, 0.29) is 0 Å². The normalized spacial score (nSPS) is 10.4. The number of fused-ring (bicyclic) bond motifs is 1. The van der Waals surface area contributed by atoms with Gasteiger partial charge in [0.2, 0.25) is 0 Å². The van der Waals surface area contributed by atoms with Crippen molar-refractivity contribution in [3.8, 4) is 11.5 Å². The number of nitrogens with one attached hydrogen (secondary N) is 3. The summed E-state index contributed by atoms with van der Waals surface area (Å²) in [4.78, 5) is 25.8. The number of carbonyl (C=O) groups is 1. The smallest absolute Gasteiger partial charge is 0.417 e. The average Bonchev–Trinajstić information content (AvgIpc) is 2.94. The Hall–Kier alpha value is -3.42. The number of ether oxygens (including phenoxy) is 2. The van der Waals surface area contributed by atoms with E-state index in [1.807, 2.05) is 0 Å². The van der Waals surface area contributed by atoms with Crippen molar-refractivity contribution in [2.75, 3.05) is 24.9 Å². The predicted molar refractivity (Wildman–Crippen MR) is 89.0 cm³/mol. The topological polar surface area (TPSA) is 106 Å². The third kappa shape index (κ3) is 3.17. The van der Waals surface area contributed by atoms with Gasteiger partial charge in [0.15, 0.2) is 5.58 Å². The van der Waals surface area contributed by atoms with Crippen LogP contribution in [0.2, 0.25) is 0 Å². The fourth-order valence-corrected chi connectivity index (χ4v) is 2.22. The van der Waals surface area contributed by atoms with Crippen LogP contribution in [-0.4, -0.2) is 25.2 Å². The Morgan fingerprint density at radius 2 is 1.92 bits per heavy atom. The molecule has 2 aromatic carbocycles. The minimum Gasteiger partial charge on any atom is -0.497 e. The number of hydrogen-bond acceptors (Lipinski definition) is 5. The van der Waals surface area contributed by atoms with Crippen LogP contribution in [0, 0.1) is 0 Å². The molecule has 0 saturated carbocycles. The summed E-state index contributed by atoms with van der Waals surface area (Å²) in [6, 6.07) is 9.43. The van der Waals surface area contributed by atoms with Crippen LogP contribution in [0.25, 0.3) is 11.1 Å². The van der Waals surface area contributed by atoms with Crippen molar-refractivity contribution < 1.29 is 18.7 Å². The molecule has 3 rings (SSSR count). The van der Waals surface area contributed by atoms with Crippen molar-refractivity contribution in [1.29, 1.82) is 0 Å². The van der Waals surface area contributed by atoms with E-state index in [9.17, 15) is 9.59 Å². The summed E-state index contributed by atoms with van der Waals surface area (Å²) in [6.07, 6.45) is 0. The Morgan fingerprint density at radius 1 is 1.08 bits per heavy atom. The maximum absolute atomic E-state index is 12.2. The second-order valence-corrected chi connectivity index (χ2v) is 4.87. The van der Waals surface area contributed by atoms with Crippen LogP contribution in [0.5, 0.6) is 11.5 Å². The van der Waals surface area contributed by atoms with E-state index in [0.717, 1.165) is 0 Å². The molecule has 0 radical (unpaired) electrons. The summed E-state index contributed by atoms with van der Waals surface area (Å²) < 4.78 is 15.3. The molecule has 0 spiro atoms. The fourth-order valence-electron chi connectivity index (χ4n) is 2.22. The Kier molecular flexibility index (Phi) is 4.11. The highest BCUT2D eigenvalue weighted by Gasteiger charge is 2.10. The van der Waals surface area contributed by atoms with Crippen molar-refractivity contribution in [1.82, 2.24) is 4.98 Å². The zero-order valence-electron chi connectivity index (χ0n) is 13.0. The standard InChI is InChI=1S/C16H15N3O5/c1-22-10-4-6-13(23-2)12(8-10)18-15(20)17-9-3-5-11-14(7-9)24-16(21)19-11/h3-8H,1-2H3,(H,19,21)(H2,17,18,20). The molecule has 0 aliphatic rings. The molecule has 0 aliphatic carbocycles. The lowest BCUT2D eigenvalue weighted by atomic mass is 10.2. The highest BCUT2D eigenvalue weighted by atomic mass is 16.5. The van der Waals surface area contributed by atoms with Gasteiger partial charge in [0, 0.05) is 17.8 Å². The summed E-state index contributed by atoms with van der Waals surface area (Å²) >= 11 is 0.